The average molecular weight is 328 g/mol. The predicted molar refractivity (Wildman–Crippen MR) is 101 cm³/mol. The highest BCUT2D eigenvalue weighted by molar-refractivity contribution is 5.55. The zero-order valence-electron chi connectivity index (χ0n) is 14.7. The molecule has 5 N–H and O–H groups in total. The molecular weight excluding hydrogens is 300 g/mol. The first kappa shape index (κ1) is 18.3. The first-order valence-electron chi connectivity index (χ1n) is 8.19. The number of nitrogens with zero attached hydrogens (tertiary/aromatic N) is 2. The van der Waals surface area contributed by atoms with Gasteiger partial charge in [0.1, 0.15) is 6.17 Å². The van der Waals surface area contributed by atoms with Gasteiger partial charge in [-0.1, -0.05) is 24.3 Å². The van der Waals surface area contributed by atoms with Gasteiger partial charge in [0.05, 0.1) is 6.10 Å². The van der Waals surface area contributed by atoms with Crippen molar-refractivity contribution in [1.29, 1.82) is 0 Å². The molecule has 0 saturated heterocycles. The minimum absolute atomic E-state index is 0.217. The van der Waals surface area contributed by atoms with Crippen LogP contribution in [0.2, 0.25) is 0 Å². The quantitative estimate of drug-likeness (QED) is 0.677. The van der Waals surface area contributed by atoms with Crippen LogP contribution in [0.1, 0.15) is 18.1 Å². The second-order valence-electron chi connectivity index (χ2n) is 6.12. The van der Waals surface area contributed by atoms with Crippen molar-refractivity contribution in [3.63, 3.8) is 0 Å². The van der Waals surface area contributed by atoms with E-state index in [9.17, 15) is 5.11 Å². The minimum Gasteiger partial charge on any atom is -0.389 e. The Bertz CT molecular complexity index is 606. The largest absolute Gasteiger partial charge is 0.389 e. The standard InChI is InChI=1S/C19H28N4O/c1-14(24)19(22(2)17-8-4-6-15(10-17)12-20)23(3)18-9-5-7-16(11-18)13-21/h4-11,14,19,24H,12-13,20-21H2,1-3H3. The van der Waals surface area contributed by atoms with Crippen LogP contribution in [0.25, 0.3) is 0 Å². The number of hydrogen-bond acceptors (Lipinski definition) is 5. The third-order valence-electron chi connectivity index (χ3n) is 4.33. The summed E-state index contributed by atoms with van der Waals surface area (Å²) in [5.74, 6) is 0. The predicted octanol–water partition coefficient (Wildman–Crippen LogP) is 1.88. The second kappa shape index (κ2) is 8.15. The summed E-state index contributed by atoms with van der Waals surface area (Å²) in [5, 5.41) is 10.4. The summed E-state index contributed by atoms with van der Waals surface area (Å²) in [6, 6.07) is 16.1. The maximum Gasteiger partial charge on any atom is 0.127 e. The maximum absolute atomic E-state index is 10.4. The Morgan fingerprint density at radius 3 is 1.62 bits per heavy atom. The maximum atomic E-state index is 10.4. The highest BCUT2D eigenvalue weighted by Gasteiger charge is 2.25. The molecular formula is C19H28N4O. The van der Waals surface area contributed by atoms with Crippen LogP contribution in [-0.2, 0) is 13.1 Å². The molecule has 0 aliphatic heterocycles. The van der Waals surface area contributed by atoms with Crippen LogP contribution < -0.4 is 21.3 Å². The minimum atomic E-state index is -0.553. The lowest BCUT2D eigenvalue weighted by Gasteiger charge is -2.40. The SMILES string of the molecule is CC(O)C(N(C)c1cccc(CN)c1)N(C)c1cccc(CN)c1. The fourth-order valence-corrected chi connectivity index (χ4v) is 3.02. The monoisotopic (exact) mass is 328 g/mol. The number of aliphatic hydroxyl groups excluding tert-OH is 1. The molecule has 0 heterocycles. The van der Waals surface area contributed by atoms with E-state index in [4.69, 9.17) is 11.5 Å². The van der Waals surface area contributed by atoms with Crippen molar-refractivity contribution in [1.82, 2.24) is 0 Å². The van der Waals surface area contributed by atoms with Crippen molar-refractivity contribution in [3.05, 3.63) is 59.7 Å². The highest BCUT2D eigenvalue weighted by Crippen LogP contribution is 2.24. The third kappa shape index (κ3) is 4.06. The van der Waals surface area contributed by atoms with E-state index in [0.717, 1.165) is 22.5 Å². The summed E-state index contributed by atoms with van der Waals surface area (Å²) in [4.78, 5) is 4.14. The molecule has 0 fully saturated rings. The summed E-state index contributed by atoms with van der Waals surface area (Å²) >= 11 is 0. The number of anilines is 2. The molecule has 0 aliphatic carbocycles. The first-order chi connectivity index (χ1) is 11.5. The van der Waals surface area contributed by atoms with Crippen LogP contribution in [0.5, 0.6) is 0 Å². The first-order valence-corrected chi connectivity index (χ1v) is 8.19. The van der Waals surface area contributed by atoms with E-state index < -0.39 is 6.10 Å². The van der Waals surface area contributed by atoms with Crippen molar-refractivity contribution in [2.45, 2.75) is 32.3 Å². The molecule has 1 unspecified atom stereocenters. The molecule has 2 aromatic rings. The smallest absolute Gasteiger partial charge is 0.127 e. The van der Waals surface area contributed by atoms with Crippen molar-refractivity contribution in [2.24, 2.45) is 11.5 Å². The van der Waals surface area contributed by atoms with Gasteiger partial charge in [-0.05, 0) is 42.3 Å². The molecule has 5 nitrogen and oxygen atoms in total. The Morgan fingerprint density at radius 2 is 1.29 bits per heavy atom. The van der Waals surface area contributed by atoms with E-state index >= 15 is 0 Å². The Kier molecular flexibility index (Phi) is 6.20. The van der Waals surface area contributed by atoms with E-state index in [1.807, 2.05) is 50.5 Å². The Balaban J connectivity index is 2.33. The van der Waals surface area contributed by atoms with E-state index in [-0.39, 0.29) is 6.17 Å². The van der Waals surface area contributed by atoms with Crippen LogP contribution in [0.4, 0.5) is 11.4 Å². The Hall–Kier alpha value is -2.08. The number of hydrogen-bond donors (Lipinski definition) is 3. The van der Waals surface area contributed by atoms with Gasteiger partial charge < -0.3 is 26.4 Å². The van der Waals surface area contributed by atoms with Gasteiger partial charge in [-0.25, -0.2) is 0 Å². The average Bonchev–Trinajstić information content (AvgIpc) is 2.61. The normalized spacial score (nSPS) is 12.3. The third-order valence-corrected chi connectivity index (χ3v) is 4.33. The molecule has 5 heteroatoms. The van der Waals surface area contributed by atoms with Gasteiger partial charge in [0.2, 0.25) is 0 Å². The summed E-state index contributed by atoms with van der Waals surface area (Å²) in [7, 11) is 3.96. The molecule has 2 aromatic carbocycles. The summed E-state index contributed by atoms with van der Waals surface area (Å²) in [5.41, 5.74) is 15.7. The van der Waals surface area contributed by atoms with E-state index in [2.05, 4.69) is 21.9 Å². The molecule has 0 aliphatic rings. The number of rotatable bonds is 7. The zero-order chi connectivity index (χ0) is 17.7. The molecule has 0 amide bonds. The Morgan fingerprint density at radius 1 is 0.875 bits per heavy atom. The fraction of sp³-hybridized carbons (Fsp3) is 0.368. The Labute approximate surface area is 144 Å². The van der Waals surface area contributed by atoms with Gasteiger partial charge in [-0.15, -0.1) is 0 Å². The molecule has 2 rings (SSSR count). The van der Waals surface area contributed by atoms with Gasteiger partial charge >= 0.3 is 0 Å². The molecule has 0 saturated carbocycles. The lowest BCUT2D eigenvalue weighted by atomic mass is 10.1. The van der Waals surface area contributed by atoms with Gasteiger partial charge in [-0.3, -0.25) is 0 Å². The highest BCUT2D eigenvalue weighted by atomic mass is 16.3. The van der Waals surface area contributed by atoms with Gasteiger partial charge in [-0.2, -0.15) is 0 Å². The van der Waals surface area contributed by atoms with Crippen LogP contribution in [0, 0.1) is 0 Å². The summed E-state index contributed by atoms with van der Waals surface area (Å²) in [6.07, 6.45) is -0.769. The van der Waals surface area contributed by atoms with Crippen molar-refractivity contribution >= 4 is 11.4 Å². The van der Waals surface area contributed by atoms with Gasteiger partial charge in [0, 0.05) is 38.6 Å². The molecule has 0 bridgehead atoms. The van der Waals surface area contributed by atoms with Crippen molar-refractivity contribution in [2.75, 3.05) is 23.9 Å². The molecule has 0 spiro atoms. The second-order valence-corrected chi connectivity index (χ2v) is 6.12. The van der Waals surface area contributed by atoms with E-state index in [1.54, 1.807) is 6.92 Å². The number of nitrogens with two attached hydrogens (primary N) is 2. The molecule has 130 valence electrons. The molecule has 24 heavy (non-hydrogen) atoms. The van der Waals surface area contributed by atoms with Gasteiger partial charge in [0.15, 0.2) is 0 Å². The molecule has 0 radical (unpaired) electrons. The van der Waals surface area contributed by atoms with Gasteiger partial charge in [0.25, 0.3) is 0 Å². The van der Waals surface area contributed by atoms with Crippen molar-refractivity contribution < 1.29 is 5.11 Å². The van der Waals surface area contributed by atoms with E-state index in [1.165, 1.54) is 0 Å². The van der Waals surface area contributed by atoms with E-state index in [0.29, 0.717) is 13.1 Å². The summed E-state index contributed by atoms with van der Waals surface area (Å²) in [6.45, 7) is 2.79. The molecule has 1 atom stereocenters. The topological polar surface area (TPSA) is 78.8 Å². The molecule has 0 aromatic heterocycles. The van der Waals surface area contributed by atoms with Crippen LogP contribution in [-0.4, -0.2) is 31.5 Å². The fourth-order valence-electron chi connectivity index (χ4n) is 3.02. The van der Waals surface area contributed by atoms with Crippen LogP contribution in [0.3, 0.4) is 0 Å². The lowest BCUT2D eigenvalue weighted by Crippen LogP contribution is -2.51. The number of aliphatic hydroxyl groups is 1. The lowest BCUT2D eigenvalue weighted by molar-refractivity contribution is 0.160. The zero-order valence-corrected chi connectivity index (χ0v) is 14.7. The van der Waals surface area contributed by atoms with Crippen LogP contribution in [0.15, 0.2) is 48.5 Å². The van der Waals surface area contributed by atoms with Crippen LogP contribution >= 0.6 is 0 Å². The number of likely N-dealkylation sites (N-methyl/N-ethyl adjacent to an activating group) is 2. The summed E-state index contributed by atoms with van der Waals surface area (Å²) < 4.78 is 0. The van der Waals surface area contributed by atoms with Crippen molar-refractivity contribution in [3.8, 4) is 0 Å². The number of benzene rings is 2.